The molecule has 1 aliphatic heterocycles. The molecule has 0 atom stereocenters. The Balaban J connectivity index is 1.92. The molecule has 0 aromatic heterocycles. The Kier molecular flexibility index (Phi) is 3.34. The summed E-state index contributed by atoms with van der Waals surface area (Å²) in [6.45, 7) is 4.32. The molecule has 19 heavy (non-hydrogen) atoms. The molecule has 1 aliphatic rings. The second-order valence-corrected chi connectivity index (χ2v) is 5.94. The first kappa shape index (κ1) is 12.7. The van der Waals surface area contributed by atoms with E-state index in [1.54, 1.807) is 0 Å². The largest absolute Gasteiger partial charge is 0.315 e. The van der Waals surface area contributed by atoms with E-state index in [9.17, 15) is 0 Å². The van der Waals surface area contributed by atoms with Crippen LogP contribution in [0.1, 0.15) is 16.7 Å². The van der Waals surface area contributed by atoms with Gasteiger partial charge in [0.25, 0.3) is 0 Å². The minimum absolute atomic E-state index is 0.249. The number of rotatable bonds is 3. The highest BCUT2D eigenvalue weighted by Gasteiger charge is 2.39. The molecular weight excluding hydrogens is 254 g/mol. The molecule has 0 radical (unpaired) electrons. The molecule has 0 bridgehead atoms. The molecule has 2 heteroatoms. The van der Waals surface area contributed by atoms with Gasteiger partial charge < -0.3 is 5.32 Å². The summed E-state index contributed by atoms with van der Waals surface area (Å²) in [5.74, 6) is 0. The Labute approximate surface area is 119 Å². The Morgan fingerprint density at radius 2 is 1.74 bits per heavy atom. The van der Waals surface area contributed by atoms with Crippen molar-refractivity contribution in [3.8, 4) is 0 Å². The van der Waals surface area contributed by atoms with Gasteiger partial charge in [0.15, 0.2) is 0 Å². The van der Waals surface area contributed by atoms with Gasteiger partial charge in [0, 0.05) is 23.5 Å². The first-order chi connectivity index (χ1) is 9.20. The lowest BCUT2D eigenvalue weighted by molar-refractivity contribution is 0.273. The van der Waals surface area contributed by atoms with E-state index in [2.05, 4.69) is 48.6 Å². The third kappa shape index (κ3) is 2.41. The Bertz CT molecular complexity index is 570. The smallest absolute Gasteiger partial charge is 0.0406 e. The first-order valence-corrected chi connectivity index (χ1v) is 7.09. The summed E-state index contributed by atoms with van der Waals surface area (Å²) in [5.41, 5.74) is 4.47. The van der Waals surface area contributed by atoms with E-state index in [1.165, 1.54) is 16.7 Å². The zero-order valence-corrected chi connectivity index (χ0v) is 11.9. The van der Waals surface area contributed by atoms with Gasteiger partial charge >= 0.3 is 0 Å². The zero-order valence-electron chi connectivity index (χ0n) is 11.1. The molecule has 1 nitrogen and oxygen atoms in total. The fourth-order valence-corrected chi connectivity index (χ4v) is 3.12. The fraction of sp³-hybridized carbons (Fsp3) is 0.294. The second-order valence-electron chi connectivity index (χ2n) is 5.50. The van der Waals surface area contributed by atoms with Crippen molar-refractivity contribution < 1.29 is 0 Å². The van der Waals surface area contributed by atoms with E-state index in [0.717, 1.165) is 24.5 Å². The van der Waals surface area contributed by atoms with E-state index in [1.807, 2.05) is 12.1 Å². The summed E-state index contributed by atoms with van der Waals surface area (Å²) in [6, 6.07) is 17.0. The molecule has 2 aromatic rings. The predicted octanol–water partition coefficient (Wildman–Crippen LogP) is 3.73. The normalized spacial score (nSPS) is 16.9. The van der Waals surface area contributed by atoms with Crippen LogP contribution < -0.4 is 5.32 Å². The van der Waals surface area contributed by atoms with Crippen molar-refractivity contribution >= 4 is 11.6 Å². The molecule has 0 spiro atoms. The van der Waals surface area contributed by atoms with Gasteiger partial charge in [-0.25, -0.2) is 0 Å². The number of hydrogen-bond donors (Lipinski definition) is 1. The lowest BCUT2D eigenvalue weighted by atomic mass is 9.69. The van der Waals surface area contributed by atoms with Crippen LogP contribution in [0.2, 0.25) is 5.02 Å². The van der Waals surface area contributed by atoms with Crippen molar-refractivity contribution in [2.75, 3.05) is 13.1 Å². The van der Waals surface area contributed by atoms with Crippen LogP contribution in [-0.4, -0.2) is 13.1 Å². The van der Waals surface area contributed by atoms with Crippen LogP contribution in [0.3, 0.4) is 0 Å². The van der Waals surface area contributed by atoms with Crippen LogP contribution in [0.4, 0.5) is 0 Å². The molecule has 1 heterocycles. The summed E-state index contributed by atoms with van der Waals surface area (Å²) in [7, 11) is 0. The maximum atomic E-state index is 5.96. The molecule has 3 rings (SSSR count). The fourth-order valence-electron chi connectivity index (χ4n) is 3.00. The van der Waals surface area contributed by atoms with Gasteiger partial charge in [-0.15, -0.1) is 0 Å². The summed E-state index contributed by atoms with van der Waals surface area (Å²) in [5, 5.41) is 4.24. The van der Waals surface area contributed by atoms with E-state index >= 15 is 0 Å². The SMILES string of the molecule is Cc1ccccc1C1(Cc2ccc(Cl)cc2)CNC1. The molecule has 0 amide bonds. The van der Waals surface area contributed by atoms with Crippen LogP contribution in [-0.2, 0) is 11.8 Å². The lowest BCUT2D eigenvalue weighted by Crippen LogP contribution is -2.58. The number of hydrogen-bond acceptors (Lipinski definition) is 1. The third-order valence-corrected chi connectivity index (χ3v) is 4.35. The standard InChI is InChI=1S/C17H18ClN/c1-13-4-2-3-5-16(13)17(11-19-12-17)10-14-6-8-15(18)9-7-14/h2-9,19H,10-12H2,1H3. The molecule has 1 N–H and O–H groups in total. The molecule has 2 aromatic carbocycles. The maximum absolute atomic E-state index is 5.96. The summed E-state index contributed by atoms with van der Waals surface area (Å²) in [6.07, 6.45) is 1.07. The quantitative estimate of drug-likeness (QED) is 0.897. The predicted molar refractivity (Wildman–Crippen MR) is 80.9 cm³/mol. The molecule has 0 saturated carbocycles. The van der Waals surface area contributed by atoms with E-state index in [0.29, 0.717) is 0 Å². The number of nitrogens with one attached hydrogen (secondary N) is 1. The topological polar surface area (TPSA) is 12.0 Å². The summed E-state index contributed by atoms with van der Waals surface area (Å²) in [4.78, 5) is 0. The summed E-state index contributed by atoms with van der Waals surface area (Å²) >= 11 is 5.96. The second kappa shape index (κ2) is 4.99. The monoisotopic (exact) mass is 271 g/mol. The van der Waals surface area contributed by atoms with E-state index < -0.39 is 0 Å². The van der Waals surface area contributed by atoms with Crippen LogP contribution in [0.5, 0.6) is 0 Å². The molecule has 98 valence electrons. The van der Waals surface area contributed by atoms with Crippen LogP contribution >= 0.6 is 11.6 Å². The Morgan fingerprint density at radius 1 is 1.05 bits per heavy atom. The highest BCUT2D eigenvalue weighted by atomic mass is 35.5. The minimum atomic E-state index is 0.249. The average Bonchev–Trinajstić information content (AvgIpc) is 2.37. The molecule has 1 fully saturated rings. The van der Waals surface area contributed by atoms with Gasteiger partial charge in [0.2, 0.25) is 0 Å². The van der Waals surface area contributed by atoms with Gasteiger partial charge in [0.05, 0.1) is 0 Å². The lowest BCUT2D eigenvalue weighted by Gasteiger charge is -2.44. The van der Waals surface area contributed by atoms with Crippen LogP contribution in [0.15, 0.2) is 48.5 Å². The van der Waals surface area contributed by atoms with E-state index in [-0.39, 0.29) is 5.41 Å². The highest BCUT2D eigenvalue weighted by molar-refractivity contribution is 6.30. The van der Waals surface area contributed by atoms with Crippen molar-refractivity contribution in [1.82, 2.24) is 5.32 Å². The average molecular weight is 272 g/mol. The van der Waals surface area contributed by atoms with Gasteiger partial charge in [-0.1, -0.05) is 48.0 Å². The van der Waals surface area contributed by atoms with Gasteiger partial charge in [-0.3, -0.25) is 0 Å². The first-order valence-electron chi connectivity index (χ1n) is 6.71. The van der Waals surface area contributed by atoms with Crippen molar-refractivity contribution in [2.24, 2.45) is 0 Å². The highest BCUT2D eigenvalue weighted by Crippen LogP contribution is 2.34. The van der Waals surface area contributed by atoms with Crippen molar-refractivity contribution in [2.45, 2.75) is 18.8 Å². The van der Waals surface area contributed by atoms with Gasteiger partial charge in [-0.2, -0.15) is 0 Å². The van der Waals surface area contributed by atoms with Crippen molar-refractivity contribution in [1.29, 1.82) is 0 Å². The number of aryl methyl sites for hydroxylation is 1. The minimum Gasteiger partial charge on any atom is -0.315 e. The Morgan fingerprint density at radius 3 is 2.32 bits per heavy atom. The van der Waals surface area contributed by atoms with Gasteiger partial charge in [0.1, 0.15) is 0 Å². The zero-order chi connectivity index (χ0) is 13.3. The third-order valence-electron chi connectivity index (χ3n) is 4.10. The van der Waals surface area contributed by atoms with Crippen molar-refractivity contribution in [3.63, 3.8) is 0 Å². The van der Waals surface area contributed by atoms with E-state index in [4.69, 9.17) is 11.6 Å². The number of halogens is 1. The van der Waals surface area contributed by atoms with Gasteiger partial charge in [-0.05, 0) is 42.2 Å². The Hall–Kier alpha value is -1.31. The molecular formula is C17H18ClN. The van der Waals surface area contributed by atoms with Crippen molar-refractivity contribution in [3.05, 3.63) is 70.2 Å². The van der Waals surface area contributed by atoms with Crippen LogP contribution in [0.25, 0.3) is 0 Å². The molecule has 0 unspecified atom stereocenters. The molecule has 1 saturated heterocycles. The maximum Gasteiger partial charge on any atom is 0.0406 e. The number of benzene rings is 2. The van der Waals surface area contributed by atoms with Crippen LogP contribution in [0, 0.1) is 6.92 Å². The molecule has 0 aliphatic carbocycles. The summed E-state index contributed by atoms with van der Waals surface area (Å²) < 4.78 is 0.